The van der Waals surface area contributed by atoms with Crippen LogP contribution in [0.4, 0.5) is 0 Å². The van der Waals surface area contributed by atoms with Gasteiger partial charge in [-0.05, 0) is 5.56 Å². The first-order valence-electron chi connectivity index (χ1n) is 5.14. The van der Waals surface area contributed by atoms with Crippen LogP contribution in [-0.4, -0.2) is 43.2 Å². The van der Waals surface area contributed by atoms with Crippen LogP contribution in [0.1, 0.15) is 11.7 Å². The van der Waals surface area contributed by atoms with Gasteiger partial charge in [0.05, 0.1) is 6.61 Å². The van der Waals surface area contributed by atoms with Crippen LogP contribution in [0.15, 0.2) is 30.3 Å². The molecule has 1 rings (SSSR count). The van der Waals surface area contributed by atoms with E-state index >= 15 is 0 Å². The zero-order chi connectivity index (χ0) is 12.0. The smallest absolute Gasteiger partial charge is 0.256 e. The molecule has 0 fully saturated rings. The number of hydrogen-bond acceptors (Lipinski definition) is 3. The van der Waals surface area contributed by atoms with Gasteiger partial charge in [0.15, 0.2) is 6.10 Å². The molecule has 0 saturated carbocycles. The molecule has 0 spiro atoms. The molecule has 0 aliphatic rings. The van der Waals surface area contributed by atoms with E-state index in [-0.39, 0.29) is 12.5 Å². The fraction of sp³-hybridized carbons (Fsp3) is 0.417. The summed E-state index contributed by atoms with van der Waals surface area (Å²) in [6.07, 6.45) is -0.599. The van der Waals surface area contributed by atoms with E-state index in [4.69, 9.17) is 9.84 Å². The highest BCUT2D eigenvalue weighted by molar-refractivity contribution is 5.82. The summed E-state index contributed by atoms with van der Waals surface area (Å²) >= 11 is 0. The van der Waals surface area contributed by atoms with Gasteiger partial charge in [-0.1, -0.05) is 30.3 Å². The quantitative estimate of drug-likeness (QED) is 0.804. The Labute approximate surface area is 95.5 Å². The van der Waals surface area contributed by atoms with Crippen molar-refractivity contribution in [2.45, 2.75) is 6.10 Å². The minimum absolute atomic E-state index is 0.0482. The van der Waals surface area contributed by atoms with E-state index in [1.807, 2.05) is 30.3 Å². The largest absolute Gasteiger partial charge is 0.395 e. The molecular weight excluding hydrogens is 206 g/mol. The van der Waals surface area contributed by atoms with Crippen molar-refractivity contribution >= 4 is 5.91 Å². The third-order valence-electron chi connectivity index (χ3n) is 2.37. The van der Waals surface area contributed by atoms with Gasteiger partial charge in [-0.2, -0.15) is 0 Å². The molecule has 4 heteroatoms. The normalized spacial score (nSPS) is 12.2. The van der Waals surface area contributed by atoms with Crippen LogP contribution < -0.4 is 0 Å². The zero-order valence-corrected chi connectivity index (χ0v) is 9.59. The van der Waals surface area contributed by atoms with Crippen LogP contribution in [-0.2, 0) is 9.53 Å². The van der Waals surface area contributed by atoms with Gasteiger partial charge in [0, 0.05) is 20.7 Å². The van der Waals surface area contributed by atoms with E-state index in [9.17, 15) is 4.79 Å². The first-order chi connectivity index (χ1) is 7.70. The van der Waals surface area contributed by atoms with Crippen molar-refractivity contribution < 1.29 is 14.6 Å². The molecule has 1 N–H and O–H groups in total. The predicted octanol–water partition coefficient (Wildman–Crippen LogP) is 0.825. The Balaban J connectivity index is 2.79. The molecule has 88 valence electrons. The van der Waals surface area contributed by atoms with Gasteiger partial charge in [-0.25, -0.2) is 0 Å². The summed E-state index contributed by atoms with van der Waals surface area (Å²) in [5.41, 5.74) is 0.819. The molecule has 0 radical (unpaired) electrons. The van der Waals surface area contributed by atoms with Crippen LogP contribution in [0.3, 0.4) is 0 Å². The lowest BCUT2D eigenvalue weighted by molar-refractivity contribution is -0.141. The molecule has 0 heterocycles. The average Bonchev–Trinajstić information content (AvgIpc) is 2.31. The molecule has 0 aliphatic carbocycles. The van der Waals surface area contributed by atoms with E-state index in [0.29, 0.717) is 6.54 Å². The second-order valence-electron chi connectivity index (χ2n) is 3.51. The maximum Gasteiger partial charge on any atom is 0.256 e. The lowest BCUT2D eigenvalue weighted by atomic mass is 10.1. The average molecular weight is 223 g/mol. The molecule has 1 aromatic carbocycles. The summed E-state index contributed by atoms with van der Waals surface area (Å²) in [4.78, 5) is 13.4. The van der Waals surface area contributed by atoms with Gasteiger partial charge in [-0.3, -0.25) is 4.79 Å². The van der Waals surface area contributed by atoms with Crippen LogP contribution in [0.5, 0.6) is 0 Å². The Kier molecular flexibility index (Phi) is 4.95. The number of rotatable bonds is 5. The Morgan fingerprint density at radius 2 is 2.06 bits per heavy atom. The number of carbonyl (C=O) groups is 1. The van der Waals surface area contributed by atoms with Crippen LogP contribution in [0, 0.1) is 0 Å². The minimum atomic E-state index is -0.599. The fourth-order valence-corrected chi connectivity index (χ4v) is 1.47. The van der Waals surface area contributed by atoms with Crippen LogP contribution >= 0.6 is 0 Å². The van der Waals surface area contributed by atoms with Gasteiger partial charge in [0.2, 0.25) is 0 Å². The summed E-state index contributed by atoms with van der Waals surface area (Å²) in [5.74, 6) is -0.150. The topological polar surface area (TPSA) is 49.8 Å². The number of aliphatic hydroxyl groups excluding tert-OH is 1. The summed E-state index contributed by atoms with van der Waals surface area (Å²) in [6, 6.07) is 9.30. The lowest BCUT2D eigenvalue weighted by Gasteiger charge is -2.22. The van der Waals surface area contributed by atoms with Gasteiger partial charge >= 0.3 is 0 Å². The molecule has 16 heavy (non-hydrogen) atoms. The van der Waals surface area contributed by atoms with Crippen molar-refractivity contribution in [2.75, 3.05) is 27.3 Å². The van der Waals surface area contributed by atoms with E-state index in [1.54, 1.807) is 7.05 Å². The zero-order valence-electron chi connectivity index (χ0n) is 9.59. The summed E-state index contributed by atoms with van der Waals surface area (Å²) in [6.45, 7) is 0.263. The van der Waals surface area contributed by atoms with Crippen molar-refractivity contribution in [1.29, 1.82) is 0 Å². The number of carbonyl (C=O) groups excluding carboxylic acids is 1. The number of methoxy groups -OCH3 is 1. The van der Waals surface area contributed by atoms with E-state index in [1.165, 1.54) is 12.0 Å². The monoisotopic (exact) mass is 223 g/mol. The summed E-state index contributed by atoms with van der Waals surface area (Å²) in [5, 5.41) is 8.78. The van der Waals surface area contributed by atoms with E-state index in [0.717, 1.165) is 5.56 Å². The molecule has 0 unspecified atom stereocenters. The highest BCUT2D eigenvalue weighted by atomic mass is 16.5. The third-order valence-corrected chi connectivity index (χ3v) is 2.37. The standard InChI is InChI=1S/C12H17NO3/c1-13(8-9-14)12(15)11(16-2)10-6-4-3-5-7-10/h3-7,11,14H,8-9H2,1-2H3/t11-/m1/s1. The number of likely N-dealkylation sites (N-methyl/N-ethyl adjacent to an activating group) is 1. The van der Waals surface area contributed by atoms with Gasteiger partial charge in [0.1, 0.15) is 0 Å². The number of aliphatic hydroxyl groups is 1. The molecule has 0 bridgehead atoms. The number of ether oxygens (including phenoxy) is 1. The van der Waals surface area contributed by atoms with Gasteiger partial charge in [0.25, 0.3) is 5.91 Å². The Morgan fingerprint density at radius 3 is 2.56 bits per heavy atom. The molecule has 1 amide bonds. The molecule has 0 aromatic heterocycles. The van der Waals surface area contributed by atoms with Crippen molar-refractivity contribution in [2.24, 2.45) is 0 Å². The highest BCUT2D eigenvalue weighted by Gasteiger charge is 2.22. The first kappa shape index (κ1) is 12.7. The number of amides is 1. The highest BCUT2D eigenvalue weighted by Crippen LogP contribution is 2.18. The van der Waals surface area contributed by atoms with Crippen LogP contribution in [0.2, 0.25) is 0 Å². The number of nitrogens with zero attached hydrogens (tertiary/aromatic N) is 1. The molecule has 1 atom stereocenters. The fourth-order valence-electron chi connectivity index (χ4n) is 1.47. The Bertz CT molecular complexity index is 326. The Morgan fingerprint density at radius 1 is 1.44 bits per heavy atom. The maximum atomic E-state index is 12.0. The van der Waals surface area contributed by atoms with Gasteiger partial charge < -0.3 is 14.7 Å². The molecule has 0 aliphatic heterocycles. The second kappa shape index (κ2) is 6.25. The van der Waals surface area contributed by atoms with Crippen molar-refractivity contribution in [3.63, 3.8) is 0 Å². The number of benzene rings is 1. The van der Waals surface area contributed by atoms with Crippen molar-refractivity contribution in [3.8, 4) is 0 Å². The van der Waals surface area contributed by atoms with Crippen LogP contribution in [0.25, 0.3) is 0 Å². The van der Waals surface area contributed by atoms with E-state index in [2.05, 4.69) is 0 Å². The Hall–Kier alpha value is -1.39. The van der Waals surface area contributed by atoms with E-state index < -0.39 is 6.10 Å². The lowest BCUT2D eigenvalue weighted by Crippen LogP contribution is -2.34. The maximum absolute atomic E-state index is 12.0. The molecule has 1 aromatic rings. The van der Waals surface area contributed by atoms with Gasteiger partial charge in [-0.15, -0.1) is 0 Å². The number of hydrogen-bond donors (Lipinski definition) is 1. The minimum Gasteiger partial charge on any atom is -0.395 e. The summed E-state index contributed by atoms with van der Waals surface area (Å²) < 4.78 is 5.19. The van der Waals surface area contributed by atoms with Crippen molar-refractivity contribution in [1.82, 2.24) is 4.90 Å². The summed E-state index contributed by atoms with van der Waals surface area (Å²) in [7, 11) is 3.15. The van der Waals surface area contributed by atoms with Crippen molar-refractivity contribution in [3.05, 3.63) is 35.9 Å². The third kappa shape index (κ3) is 3.05. The molecule has 0 saturated heterocycles. The SMILES string of the molecule is CO[C@@H](C(=O)N(C)CCO)c1ccccc1. The molecule has 4 nitrogen and oxygen atoms in total. The second-order valence-corrected chi connectivity index (χ2v) is 3.51. The first-order valence-corrected chi connectivity index (χ1v) is 5.14. The predicted molar refractivity (Wildman–Crippen MR) is 60.9 cm³/mol. The molecular formula is C12H17NO3.